The first-order chi connectivity index (χ1) is 22.4. The highest BCUT2D eigenvalue weighted by molar-refractivity contribution is 7.16. The predicted molar refractivity (Wildman–Crippen MR) is 183 cm³/mol. The maximum Gasteiger partial charge on any atom is 0.380 e. The number of unbranched alkanes of at least 4 members (excludes halogenated alkanes) is 8. The Labute approximate surface area is 281 Å². The molecular weight excluding hydrogens is 651 g/mol. The third kappa shape index (κ3) is 7.07. The molecule has 252 valence electrons. The second-order valence-corrected chi connectivity index (χ2v) is 14.7. The van der Waals surface area contributed by atoms with Gasteiger partial charge in [-0.2, -0.15) is 26.3 Å². The van der Waals surface area contributed by atoms with Gasteiger partial charge >= 0.3 is 17.8 Å². The lowest BCUT2D eigenvalue weighted by Crippen LogP contribution is -2.48. The van der Waals surface area contributed by atoms with Crippen LogP contribution in [-0.2, 0) is 0 Å². The van der Waals surface area contributed by atoms with Crippen molar-refractivity contribution in [3.05, 3.63) is 87.6 Å². The molecule has 2 aromatic carbocycles. The van der Waals surface area contributed by atoms with E-state index in [1.54, 1.807) is 54.6 Å². The Morgan fingerprint density at radius 2 is 1.02 bits per heavy atom. The first kappa shape index (κ1) is 35.3. The SMILES string of the molecule is CCCCCCCCCCCOc1ccc(-c2cc(C3=C(c4cc(-c5ccccc5)sc4C)C(F)(F)C(F)(F)C3(F)F)c(C)s2)cc1. The van der Waals surface area contributed by atoms with Crippen molar-refractivity contribution in [1.29, 1.82) is 0 Å². The number of halogens is 6. The molecule has 0 bridgehead atoms. The summed E-state index contributed by atoms with van der Waals surface area (Å²) in [5, 5.41) is 0. The molecule has 0 fully saturated rings. The lowest BCUT2D eigenvalue weighted by atomic mass is 9.94. The van der Waals surface area contributed by atoms with Gasteiger partial charge in [0.25, 0.3) is 0 Å². The van der Waals surface area contributed by atoms with E-state index in [4.69, 9.17) is 4.74 Å². The molecule has 5 rings (SSSR count). The van der Waals surface area contributed by atoms with Crippen LogP contribution in [0, 0.1) is 13.8 Å². The maximum atomic E-state index is 15.6. The number of thiophene rings is 2. The molecule has 4 aromatic rings. The van der Waals surface area contributed by atoms with Crippen LogP contribution in [0.2, 0.25) is 0 Å². The maximum absolute atomic E-state index is 15.6. The van der Waals surface area contributed by atoms with Crippen LogP contribution >= 0.6 is 22.7 Å². The van der Waals surface area contributed by atoms with Gasteiger partial charge < -0.3 is 4.74 Å². The normalized spacial score (nSPS) is 16.6. The van der Waals surface area contributed by atoms with E-state index < -0.39 is 28.9 Å². The molecule has 2 heterocycles. The fraction of sp³-hybridized carbons (Fsp3) is 0.421. The molecule has 0 amide bonds. The van der Waals surface area contributed by atoms with Crippen LogP contribution in [0.25, 0.3) is 32.0 Å². The summed E-state index contributed by atoms with van der Waals surface area (Å²) in [6, 6.07) is 18.5. The number of ether oxygens (including phenoxy) is 1. The topological polar surface area (TPSA) is 9.23 Å². The van der Waals surface area contributed by atoms with Gasteiger partial charge in [-0.15, -0.1) is 22.7 Å². The van der Waals surface area contributed by atoms with Crippen molar-refractivity contribution in [3.8, 4) is 26.6 Å². The fourth-order valence-electron chi connectivity index (χ4n) is 6.10. The smallest absolute Gasteiger partial charge is 0.380 e. The van der Waals surface area contributed by atoms with Crippen molar-refractivity contribution in [3.63, 3.8) is 0 Å². The van der Waals surface area contributed by atoms with Gasteiger partial charge in [0.1, 0.15) is 5.75 Å². The summed E-state index contributed by atoms with van der Waals surface area (Å²) < 4.78 is 98.2. The molecule has 0 saturated carbocycles. The standard InChI is InChI=1S/C38H40F6OS2/c1-4-5-6-7-8-9-10-11-15-22-45-29-20-18-28(19-21-29)33-24-31(26(3)47-33)35-34(36(39,40)38(43,44)37(35,41)42)30-23-32(46-25(30)2)27-16-13-12-14-17-27/h12-14,16-21,23-24H,4-11,15,22H2,1-3H3. The second kappa shape index (κ2) is 14.6. The van der Waals surface area contributed by atoms with E-state index in [1.165, 1.54) is 70.9 Å². The summed E-state index contributed by atoms with van der Waals surface area (Å²) >= 11 is 2.21. The quantitative estimate of drug-likeness (QED) is 0.0891. The Hall–Kier alpha value is -3.04. The first-order valence-electron chi connectivity index (χ1n) is 16.3. The Balaban J connectivity index is 1.36. The fourth-order valence-corrected chi connectivity index (χ4v) is 8.16. The molecule has 0 atom stereocenters. The summed E-state index contributed by atoms with van der Waals surface area (Å²) in [4.78, 5) is 1.55. The van der Waals surface area contributed by atoms with E-state index in [0.717, 1.165) is 35.5 Å². The minimum atomic E-state index is -5.60. The van der Waals surface area contributed by atoms with Crippen LogP contribution in [0.15, 0.2) is 66.7 Å². The number of aryl methyl sites for hydroxylation is 2. The zero-order valence-corrected chi connectivity index (χ0v) is 28.5. The van der Waals surface area contributed by atoms with E-state index in [9.17, 15) is 0 Å². The van der Waals surface area contributed by atoms with Crippen LogP contribution in [0.1, 0.15) is 85.6 Å². The number of benzene rings is 2. The number of rotatable bonds is 15. The van der Waals surface area contributed by atoms with Crippen molar-refractivity contribution in [2.24, 2.45) is 0 Å². The van der Waals surface area contributed by atoms with Crippen molar-refractivity contribution < 1.29 is 31.1 Å². The lowest BCUT2D eigenvalue weighted by Gasteiger charge is -2.25. The third-order valence-electron chi connectivity index (χ3n) is 8.75. The van der Waals surface area contributed by atoms with E-state index in [0.29, 0.717) is 33.2 Å². The molecule has 0 aliphatic heterocycles. The first-order valence-corrected chi connectivity index (χ1v) is 17.9. The monoisotopic (exact) mass is 690 g/mol. The Kier molecular flexibility index (Phi) is 11.0. The van der Waals surface area contributed by atoms with E-state index in [1.807, 2.05) is 0 Å². The second-order valence-electron chi connectivity index (χ2n) is 12.2. The van der Waals surface area contributed by atoms with Crippen LogP contribution in [-0.4, -0.2) is 24.4 Å². The molecule has 47 heavy (non-hydrogen) atoms. The van der Waals surface area contributed by atoms with Crippen molar-refractivity contribution in [2.45, 2.75) is 96.3 Å². The molecule has 0 spiro atoms. The average Bonchev–Trinajstić information content (AvgIpc) is 3.65. The Morgan fingerprint density at radius 3 is 1.51 bits per heavy atom. The molecule has 0 radical (unpaired) electrons. The summed E-state index contributed by atoms with van der Waals surface area (Å²) in [5.41, 5.74) is -1.86. The van der Waals surface area contributed by atoms with Gasteiger partial charge in [-0.25, -0.2) is 0 Å². The largest absolute Gasteiger partial charge is 0.494 e. The molecule has 1 aliphatic rings. The van der Waals surface area contributed by atoms with Crippen LogP contribution in [0.3, 0.4) is 0 Å². The molecule has 2 aromatic heterocycles. The highest BCUT2D eigenvalue weighted by Crippen LogP contribution is 2.66. The van der Waals surface area contributed by atoms with Crippen molar-refractivity contribution >= 4 is 33.8 Å². The third-order valence-corrected chi connectivity index (χ3v) is 11.0. The van der Waals surface area contributed by atoms with Crippen molar-refractivity contribution in [2.75, 3.05) is 6.61 Å². The highest BCUT2D eigenvalue weighted by atomic mass is 32.1. The molecule has 0 unspecified atom stereocenters. The summed E-state index contributed by atoms with van der Waals surface area (Å²) in [5.74, 6) is -15.1. The predicted octanol–water partition coefficient (Wildman–Crippen LogP) is 13.5. The molecule has 9 heteroatoms. The number of hydrogen-bond donors (Lipinski definition) is 0. The van der Waals surface area contributed by atoms with Gasteiger partial charge in [-0.3, -0.25) is 0 Å². The van der Waals surface area contributed by atoms with Gasteiger partial charge in [-0.05, 0) is 78.9 Å². The molecular formula is C38H40F6OS2. The Morgan fingerprint density at radius 1 is 0.574 bits per heavy atom. The van der Waals surface area contributed by atoms with Gasteiger partial charge in [0.05, 0.1) is 6.61 Å². The van der Waals surface area contributed by atoms with Crippen LogP contribution in [0.5, 0.6) is 5.75 Å². The molecule has 0 saturated heterocycles. The zero-order chi connectivity index (χ0) is 33.8. The van der Waals surface area contributed by atoms with Crippen LogP contribution < -0.4 is 4.74 Å². The number of hydrogen-bond acceptors (Lipinski definition) is 3. The zero-order valence-electron chi connectivity index (χ0n) is 26.9. The van der Waals surface area contributed by atoms with E-state index in [2.05, 4.69) is 6.92 Å². The Bertz CT molecular complexity index is 1670. The summed E-state index contributed by atoms with van der Waals surface area (Å²) in [6.07, 6.45) is 10.9. The van der Waals surface area contributed by atoms with Crippen molar-refractivity contribution in [1.82, 2.24) is 0 Å². The number of alkyl halides is 6. The summed E-state index contributed by atoms with van der Waals surface area (Å²) in [7, 11) is 0. The highest BCUT2D eigenvalue weighted by Gasteiger charge is 2.80. The van der Waals surface area contributed by atoms with Gasteiger partial charge in [0.2, 0.25) is 0 Å². The lowest BCUT2D eigenvalue weighted by molar-refractivity contribution is -0.254. The number of allylic oxidation sites excluding steroid dienone is 2. The van der Waals surface area contributed by atoms with E-state index >= 15 is 26.3 Å². The minimum Gasteiger partial charge on any atom is -0.494 e. The molecule has 0 N–H and O–H groups in total. The van der Waals surface area contributed by atoms with Gasteiger partial charge in [-0.1, -0.05) is 88.6 Å². The summed E-state index contributed by atoms with van der Waals surface area (Å²) in [6.45, 7) is 5.79. The van der Waals surface area contributed by atoms with Gasteiger partial charge in [0.15, 0.2) is 0 Å². The van der Waals surface area contributed by atoms with Gasteiger partial charge in [0, 0.05) is 30.7 Å². The average molecular weight is 691 g/mol. The van der Waals surface area contributed by atoms with Crippen LogP contribution in [0.4, 0.5) is 26.3 Å². The van der Waals surface area contributed by atoms with E-state index in [-0.39, 0.29) is 20.9 Å². The molecule has 1 nitrogen and oxygen atoms in total. The molecule has 1 aliphatic carbocycles. The minimum absolute atomic E-state index is 0.252.